The molecule has 2 aliphatic rings. The van der Waals surface area contributed by atoms with E-state index < -0.39 is 12.1 Å². The number of aromatic nitrogens is 1. The number of nitrogens with zero attached hydrogens (tertiary/aromatic N) is 2. The number of carboxylic acids is 1. The molecule has 7 nitrogen and oxygen atoms in total. The quantitative estimate of drug-likeness (QED) is 0.882. The van der Waals surface area contributed by atoms with Gasteiger partial charge in [0.1, 0.15) is 6.10 Å². The van der Waals surface area contributed by atoms with Crippen molar-refractivity contribution in [2.45, 2.75) is 44.3 Å². The summed E-state index contributed by atoms with van der Waals surface area (Å²) in [6, 6.07) is 3.43. The van der Waals surface area contributed by atoms with Crippen LogP contribution in [0.25, 0.3) is 0 Å². The summed E-state index contributed by atoms with van der Waals surface area (Å²) in [5.41, 5.74) is 0.477. The molecule has 1 aliphatic carbocycles. The van der Waals surface area contributed by atoms with E-state index in [-0.39, 0.29) is 25.0 Å². The number of pyridine rings is 1. The fourth-order valence-electron chi connectivity index (χ4n) is 3.16. The maximum Gasteiger partial charge on any atom is 0.306 e. The molecule has 2 fully saturated rings. The zero-order valence-electron chi connectivity index (χ0n) is 13.5. The first-order chi connectivity index (χ1) is 11.6. The van der Waals surface area contributed by atoms with Crippen LogP contribution in [0.15, 0.2) is 18.3 Å². The lowest BCUT2D eigenvalue weighted by Gasteiger charge is -2.32. The minimum Gasteiger partial charge on any atom is -0.481 e. The molecule has 1 saturated heterocycles. The van der Waals surface area contributed by atoms with Crippen LogP contribution in [0, 0.1) is 0 Å². The van der Waals surface area contributed by atoms with E-state index in [4.69, 9.17) is 14.6 Å². The Kier molecular flexibility index (Phi) is 5.30. The molecule has 1 aromatic rings. The molecule has 1 unspecified atom stereocenters. The number of carbonyl (C=O) groups excluding carboxylic acids is 1. The largest absolute Gasteiger partial charge is 0.481 e. The van der Waals surface area contributed by atoms with Crippen molar-refractivity contribution in [1.82, 2.24) is 9.88 Å². The van der Waals surface area contributed by atoms with E-state index in [9.17, 15) is 9.59 Å². The number of aliphatic carboxylic acids is 1. The van der Waals surface area contributed by atoms with Crippen LogP contribution < -0.4 is 4.74 Å². The first-order valence-corrected chi connectivity index (χ1v) is 8.37. The predicted octanol–water partition coefficient (Wildman–Crippen LogP) is 1.72. The fraction of sp³-hybridized carbons (Fsp3) is 0.588. The summed E-state index contributed by atoms with van der Waals surface area (Å²) < 4.78 is 11.2. The maximum absolute atomic E-state index is 12.5. The summed E-state index contributed by atoms with van der Waals surface area (Å²) in [5, 5.41) is 8.85. The average molecular weight is 334 g/mol. The molecular formula is C17H22N2O5. The normalized spacial score (nSPS) is 21.7. The van der Waals surface area contributed by atoms with Crippen LogP contribution in [0.5, 0.6) is 5.88 Å². The number of ether oxygens (including phenoxy) is 2. The Bertz CT molecular complexity index is 583. The van der Waals surface area contributed by atoms with Gasteiger partial charge in [0.15, 0.2) is 0 Å². The lowest BCUT2D eigenvalue weighted by molar-refractivity contribution is -0.141. The van der Waals surface area contributed by atoms with Gasteiger partial charge in [0, 0.05) is 25.4 Å². The summed E-state index contributed by atoms with van der Waals surface area (Å²) >= 11 is 0. The molecule has 0 bridgehead atoms. The highest BCUT2D eigenvalue weighted by Gasteiger charge is 2.27. The Morgan fingerprint density at radius 1 is 1.33 bits per heavy atom. The highest BCUT2D eigenvalue weighted by Crippen LogP contribution is 2.23. The Morgan fingerprint density at radius 3 is 2.79 bits per heavy atom. The summed E-state index contributed by atoms with van der Waals surface area (Å²) in [5.74, 6) is -0.540. The van der Waals surface area contributed by atoms with E-state index in [0.717, 1.165) is 12.8 Å². The molecule has 1 amide bonds. The number of rotatable bonds is 5. The van der Waals surface area contributed by atoms with E-state index in [2.05, 4.69) is 4.98 Å². The van der Waals surface area contributed by atoms with E-state index in [0.29, 0.717) is 24.6 Å². The number of hydrogen-bond acceptors (Lipinski definition) is 5. The van der Waals surface area contributed by atoms with Crippen LogP contribution in [0.4, 0.5) is 0 Å². The van der Waals surface area contributed by atoms with E-state index in [1.807, 2.05) is 0 Å². The molecule has 24 heavy (non-hydrogen) atoms. The van der Waals surface area contributed by atoms with Crippen LogP contribution in [0.1, 0.15) is 42.5 Å². The monoisotopic (exact) mass is 334 g/mol. The molecule has 1 saturated carbocycles. The second kappa shape index (κ2) is 7.61. The molecule has 1 N–H and O–H groups in total. The topological polar surface area (TPSA) is 89.0 Å². The summed E-state index contributed by atoms with van der Waals surface area (Å²) in [6.07, 6.45) is 5.69. The third kappa shape index (κ3) is 4.23. The van der Waals surface area contributed by atoms with Gasteiger partial charge in [0.2, 0.25) is 5.88 Å². The molecule has 1 atom stereocenters. The number of carbonyl (C=O) groups is 2. The highest BCUT2D eigenvalue weighted by molar-refractivity contribution is 5.94. The zero-order valence-corrected chi connectivity index (χ0v) is 13.5. The Hall–Kier alpha value is -2.15. The lowest BCUT2D eigenvalue weighted by Crippen LogP contribution is -2.46. The molecule has 1 aromatic heterocycles. The first-order valence-electron chi connectivity index (χ1n) is 8.37. The smallest absolute Gasteiger partial charge is 0.306 e. The van der Waals surface area contributed by atoms with E-state index in [1.165, 1.54) is 19.0 Å². The Labute approximate surface area is 140 Å². The molecule has 130 valence electrons. The summed E-state index contributed by atoms with van der Waals surface area (Å²) in [6.45, 7) is 1.08. The van der Waals surface area contributed by atoms with E-state index >= 15 is 0 Å². The molecule has 2 heterocycles. The van der Waals surface area contributed by atoms with Crippen LogP contribution in [-0.2, 0) is 9.53 Å². The number of morpholine rings is 1. The van der Waals surface area contributed by atoms with Gasteiger partial charge in [-0.3, -0.25) is 9.59 Å². The lowest BCUT2D eigenvalue weighted by atomic mass is 10.1. The number of amides is 1. The zero-order chi connectivity index (χ0) is 16.9. The summed E-state index contributed by atoms with van der Waals surface area (Å²) in [7, 11) is 0. The molecule has 1 aliphatic heterocycles. The second-order valence-electron chi connectivity index (χ2n) is 6.25. The van der Waals surface area contributed by atoms with Gasteiger partial charge in [-0.1, -0.05) is 0 Å². The molecule has 0 radical (unpaired) electrons. The third-order valence-electron chi connectivity index (χ3n) is 4.40. The van der Waals surface area contributed by atoms with Crippen LogP contribution in [0.2, 0.25) is 0 Å². The van der Waals surface area contributed by atoms with Gasteiger partial charge >= 0.3 is 5.97 Å². The van der Waals surface area contributed by atoms with Gasteiger partial charge in [-0.2, -0.15) is 0 Å². The first kappa shape index (κ1) is 16.7. The molecule has 0 aromatic carbocycles. The van der Waals surface area contributed by atoms with Gasteiger partial charge < -0.3 is 19.5 Å². The van der Waals surface area contributed by atoms with Crippen molar-refractivity contribution < 1.29 is 24.2 Å². The number of hydrogen-bond donors (Lipinski definition) is 1. The minimum absolute atomic E-state index is 0.101. The van der Waals surface area contributed by atoms with Gasteiger partial charge in [0.25, 0.3) is 5.91 Å². The van der Waals surface area contributed by atoms with Gasteiger partial charge in [-0.25, -0.2) is 4.98 Å². The second-order valence-corrected chi connectivity index (χ2v) is 6.25. The third-order valence-corrected chi connectivity index (χ3v) is 4.40. The van der Waals surface area contributed by atoms with Crippen LogP contribution >= 0.6 is 0 Å². The highest BCUT2D eigenvalue weighted by atomic mass is 16.5. The van der Waals surface area contributed by atoms with Crippen molar-refractivity contribution >= 4 is 11.9 Å². The van der Waals surface area contributed by atoms with Crippen LogP contribution in [0.3, 0.4) is 0 Å². The van der Waals surface area contributed by atoms with Crippen LogP contribution in [-0.4, -0.2) is 58.8 Å². The molecular weight excluding hydrogens is 312 g/mol. The Morgan fingerprint density at radius 2 is 2.12 bits per heavy atom. The van der Waals surface area contributed by atoms with Gasteiger partial charge in [0.05, 0.1) is 24.7 Å². The standard InChI is InChI=1S/C17H22N2O5/c20-16(21)9-14-11-19(7-8-23-14)17(22)12-5-6-15(18-10-12)24-13-3-1-2-4-13/h5-6,10,13-14H,1-4,7-9,11H2,(H,20,21). The summed E-state index contributed by atoms with van der Waals surface area (Å²) in [4.78, 5) is 29.2. The van der Waals surface area contributed by atoms with Gasteiger partial charge in [-0.15, -0.1) is 0 Å². The SMILES string of the molecule is O=C(O)CC1CN(C(=O)c2ccc(OC3CCCC3)nc2)CCO1. The van der Waals surface area contributed by atoms with E-state index in [1.54, 1.807) is 17.0 Å². The van der Waals surface area contributed by atoms with Crippen molar-refractivity contribution in [1.29, 1.82) is 0 Å². The number of carboxylic acid groups (broad SMARTS) is 1. The molecule has 7 heteroatoms. The van der Waals surface area contributed by atoms with Crippen molar-refractivity contribution in [2.24, 2.45) is 0 Å². The van der Waals surface area contributed by atoms with Crippen molar-refractivity contribution in [2.75, 3.05) is 19.7 Å². The maximum atomic E-state index is 12.5. The molecule has 3 rings (SSSR count). The predicted molar refractivity (Wildman–Crippen MR) is 85.0 cm³/mol. The minimum atomic E-state index is -0.926. The van der Waals surface area contributed by atoms with Crippen molar-refractivity contribution in [3.8, 4) is 5.88 Å². The fourth-order valence-corrected chi connectivity index (χ4v) is 3.16. The Balaban J connectivity index is 1.58. The van der Waals surface area contributed by atoms with Gasteiger partial charge in [-0.05, 0) is 31.7 Å². The average Bonchev–Trinajstić information content (AvgIpc) is 3.07. The van der Waals surface area contributed by atoms with Crippen molar-refractivity contribution in [3.05, 3.63) is 23.9 Å². The molecule has 0 spiro atoms. The van der Waals surface area contributed by atoms with Crippen molar-refractivity contribution in [3.63, 3.8) is 0 Å².